The molecule has 0 N–H and O–H groups in total. The molecular formula is C50H42N4O4. The summed E-state index contributed by atoms with van der Waals surface area (Å²) in [5.74, 6) is 2.49. The Bertz CT molecular complexity index is 2320. The van der Waals surface area contributed by atoms with E-state index in [9.17, 15) is 0 Å². The SMILES string of the molecule is c1cc(CC(C2=N[C@H]3c4ccccc4C[C@H]3O2)C2=N[C@H]3c4ccccc4C[C@H]3O2)cc(CC(C2=N[C@H]3c4ccccc4C[C@H]3O2)C2=N[C@H]3c4ccccc4C[C@H]3O2)c1. The molecule has 8 heteroatoms. The Kier molecular flexibility index (Phi) is 7.25. The molecule has 0 spiro atoms. The Morgan fingerprint density at radius 1 is 0.379 bits per heavy atom. The van der Waals surface area contributed by atoms with Crippen LogP contribution < -0.4 is 0 Å². The van der Waals surface area contributed by atoms with Crippen LogP contribution in [0.2, 0.25) is 0 Å². The summed E-state index contributed by atoms with van der Waals surface area (Å²) in [4.78, 5) is 21.2. The highest BCUT2D eigenvalue weighted by molar-refractivity contribution is 6.03. The zero-order valence-electron chi connectivity index (χ0n) is 32.0. The summed E-state index contributed by atoms with van der Waals surface area (Å²) in [5.41, 5.74) is 12.7. The van der Waals surface area contributed by atoms with Gasteiger partial charge in [-0.05, 0) is 68.5 Å². The molecule has 5 aromatic rings. The first kappa shape index (κ1) is 33.0. The van der Waals surface area contributed by atoms with Crippen molar-refractivity contribution in [1.82, 2.24) is 0 Å². The monoisotopic (exact) mass is 762 g/mol. The lowest BCUT2D eigenvalue weighted by molar-refractivity contribution is 0.181. The number of benzene rings is 5. The van der Waals surface area contributed by atoms with E-state index in [1.165, 1.54) is 55.6 Å². The molecule has 8 atom stereocenters. The average molecular weight is 763 g/mol. The topological polar surface area (TPSA) is 86.4 Å². The predicted molar refractivity (Wildman–Crippen MR) is 222 cm³/mol. The first-order valence-corrected chi connectivity index (χ1v) is 21.0. The van der Waals surface area contributed by atoms with Gasteiger partial charge in [0.15, 0.2) is 23.6 Å². The highest BCUT2D eigenvalue weighted by Gasteiger charge is 2.48. The van der Waals surface area contributed by atoms with Crippen molar-refractivity contribution < 1.29 is 18.9 Å². The van der Waals surface area contributed by atoms with Gasteiger partial charge in [-0.1, -0.05) is 121 Å². The second kappa shape index (κ2) is 12.7. The summed E-state index contributed by atoms with van der Waals surface area (Å²) in [5, 5.41) is 0. The van der Waals surface area contributed by atoms with E-state index in [0.29, 0.717) is 12.8 Å². The molecule has 8 nitrogen and oxygen atoms in total. The molecule has 4 aliphatic carbocycles. The standard InChI is InChI=1S/C50H42N4O4/c1-5-16-33-29(12-1)23-39-43(33)51-47(55-39)37(48-52-44-34-17-6-2-13-30(34)24-40(44)56-48)21-27-10-9-11-28(20-27)22-38(49-53-45-35-18-7-3-14-31(35)25-41(45)57-49)50-54-46-36-19-8-4-15-32(36)26-42(46)58-50/h1-20,37-46H,21-26H2/t39-,40-,41-,42-,43+,44+,45+,46+/m1/s1. The number of nitrogens with zero attached hydrogens (tertiary/aromatic N) is 4. The average Bonchev–Trinajstić information content (AvgIpc) is 4.11. The first-order valence-electron chi connectivity index (χ1n) is 21.0. The maximum atomic E-state index is 6.78. The number of aliphatic imine (C=N–C) groups is 4. The molecule has 0 radical (unpaired) electrons. The van der Waals surface area contributed by atoms with E-state index in [-0.39, 0.29) is 60.4 Å². The van der Waals surface area contributed by atoms with Crippen LogP contribution in [0.3, 0.4) is 0 Å². The van der Waals surface area contributed by atoms with Crippen molar-refractivity contribution in [2.75, 3.05) is 0 Å². The molecule has 5 aromatic carbocycles. The number of hydrogen-bond donors (Lipinski definition) is 0. The van der Waals surface area contributed by atoms with Crippen LogP contribution in [-0.2, 0) is 57.5 Å². The van der Waals surface area contributed by atoms with Crippen molar-refractivity contribution in [2.45, 2.75) is 87.1 Å². The first-order chi connectivity index (χ1) is 28.7. The third-order valence-corrected chi connectivity index (χ3v) is 13.8. The van der Waals surface area contributed by atoms with Crippen LogP contribution in [0, 0.1) is 11.8 Å². The lowest BCUT2D eigenvalue weighted by Gasteiger charge is -2.21. The molecule has 0 amide bonds. The quantitative estimate of drug-likeness (QED) is 0.159. The number of ether oxygens (including phenoxy) is 4. The maximum Gasteiger partial charge on any atom is 0.197 e. The second-order valence-corrected chi connectivity index (χ2v) is 17.2. The molecule has 13 rings (SSSR count). The van der Waals surface area contributed by atoms with Crippen molar-refractivity contribution >= 4 is 23.6 Å². The van der Waals surface area contributed by atoms with Gasteiger partial charge in [-0.25, -0.2) is 20.0 Å². The van der Waals surface area contributed by atoms with E-state index in [1.54, 1.807) is 0 Å². The van der Waals surface area contributed by atoms with Gasteiger partial charge in [-0.15, -0.1) is 0 Å². The minimum absolute atomic E-state index is 0.000288. The third kappa shape index (κ3) is 5.19. The fraction of sp³-hybridized carbons (Fsp3) is 0.320. The van der Waals surface area contributed by atoms with Gasteiger partial charge in [-0.3, -0.25) is 0 Å². The molecule has 58 heavy (non-hydrogen) atoms. The molecule has 0 saturated heterocycles. The highest BCUT2D eigenvalue weighted by atomic mass is 16.5. The number of rotatable bonds is 8. The predicted octanol–water partition coefficient (Wildman–Crippen LogP) is 8.38. The molecular weight excluding hydrogens is 721 g/mol. The Morgan fingerprint density at radius 3 is 0.983 bits per heavy atom. The number of hydrogen-bond acceptors (Lipinski definition) is 8. The Labute approximate surface area is 337 Å². The van der Waals surface area contributed by atoms with Gasteiger partial charge in [0.1, 0.15) is 60.4 Å². The summed E-state index contributed by atoms with van der Waals surface area (Å²) in [6.45, 7) is 0. The minimum atomic E-state index is -0.231. The lowest BCUT2D eigenvalue weighted by atomic mass is 9.93. The van der Waals surface area contributed by atoms with Crippen LogP contribution in [0.15, 0.2) is 141 Å². The van der Waals surface area contributed by atoms with Gasteiger partial charge >= 0.3 is 0 Å². The zero-order valence-corrected chi connectivity index (χ0v) is 32.0. The van der Waals surface area contributed by atoms with Crippen LogP contribution in [0.4, 0.5) is 0 Å². The van der Waals surface area contributed by atoms with Crippen LogP contribution in [-0.4, -0.2) is 48.0 Å². The number of fused-ring (bicyclic) bond motifs is 12. The van der Waals surface area contributed by atoms with Crippen LogP contribution >= 0.6 is 0 Å². The Hall–Kier alpha value is -6.02. The molecule has 8 aliphatic rings. The van der Waals surface area contributed by atoms with Gasteiger partial charge < -0.3 is 18.9 Å². The molecule has 286 valence electrons. The summed E-state index contributed by atoms with van der Waals surface area (Å²) in [6, 6.07) is 43.3. The van der Waals surface area contributed by atoms with Gasteiger partial charge in [0, 0.05) is 25.7 Å². The van der Waals surface area contributed by atoms with Crippen LogP contribution in [0.25, 0.3) is 0 Å². The highest BCUT2D eigenvalue weighted by Crippen LogP contribution is 2.47. The molecule has 4 aliphatic heterocycles. The molecule has 0 aromatic heterocycles. The fourth-order valence-electron chi connectivity index (χ4n) is 11.1. The van der Waals surface area contributed by atoms with E-state index in [2.05, 4.69) is 121 Å². The van der Waals surface area contributed by atoms with Crippen molar-refractivity contribution in [1.29, 1.82) is 0 Å². The Morgan fingerprint density at radius 2 is 0.672 bits per heavy atom. The van der Waals surface area contributed by atoms with Gasteiger partial charge in [0.2, 0.25) is 0 Å². The van der Waals surface area contributed by atoms with Crippen molar-refractivity contribution in [3.63, 3.8) is 0 Å². The smallest absolute Gasteiger partial charge is 0.197 e. The van der Waals surface area contributed by atoms with Crippen molar-refractivity contribution in [3.05, 3.63) is 177 Å². The van der Waals surface area contributed by atoms with E-state index in [4.69, 9.17) is 38.9 Å². The molecule has 0 unspecified atom stereocenters. The van der Waals surface area contributed by atoms with E-state index >= 15 is 0 Å². The zero-order chi connectivity index (χ0) is 37.9. The molecule has 0 saturated carbocycles. The third-order valence-electron chi connectivity index (χ3n) is 13.8. The summed E-state index contributed by atoms with van der Waals surface area (Å²) in [6.07, 6.45) is 4.78. The van der Waals surface area contributed by atoms with Gasteiger partial charge in [0.05, 0.1) is 0 Å². The van der Waals surface area contributed by atoms with E-state index < -0.39 is 0 Å². The molecule has 0 fully saturated rings. The molecule has 0 bridgehead atoms. The maximum absolute atomic E-state index is 6.78. The van der Waals surface area contributed by atoms with E-state index in [0.717, 1.165) is 49.3 Å². The van der Waals surface area contributed by atoms with Crippen molar-refractivity contribution in [3.8, 4) is 0 Å². The van der Waals surface area contributed by atoms with Crippen molar-refractivity contribution in [2.24, 2.45) is 31.8 Å². The van der Waals surface area contributed by atoms with Crippen LogP contribution in [0.1, 0.15) is 79.8 Å². The van der Waals surface area contributed by atoms with Gasteiger partial charge in [0.25, 0.3) is 0 Å². The van der Waals surface area contributed by atoms with Crippen LogP contribution in [0.5, 0.6) is 0 Å². The normalized spacial score (nSPS) is 28.4. The van der Waals surface area contributed by atoms with E-state index in [1.807, 2.05) is 0 Å². The molecule has 4 heterocycles. The minimum Gasteiger partial charge on any atom is -0.474 e. The second-order valence-electron chi connectivity index (χ2n) is 17.2. The van der Waals surface area contributed by atoms with Gasteiger partial charge in [-0.2, -0.15) is 0 Å². The summed E-state index contributed by atoms with van der Waals surface area (Å²) >= 11 is 0. The Balaban J connectivity index is 0.835. The lowest BCUT2D eigenvalue weighted by Crippen LogP contribution is -2.31. The summed E-state index contributed by atoms with van der Waals surface area (Å²) < 4.78 is 27.1. The summed E-state index contributed by atoms with van der Waals surface area (Å²) in [7, 11) is 0. The largest absolute Gasteiger partial charge is 0.474 e. The fourth-order valence-corrected chi connectivity index (χ4v) is 11.1.